The number of benzene rings is 2. The van der Waals surface area contributed by atoms with E-state index in [-0.39, 0.29) is 17.0 Å². The minimum absolute atomic E-state index is 0.0759. The van der Waals surface area contributed by atoms with Gasteiger partial charge in [0.2, 0.25) is 5.75 Å². The highest BCUT2D eigenvalue weighted by Crippen LogP contribution is 2.33. The van der Waals surface area contributed by atoms with Crippen LogP contribution in [0.2, 0.25) is 0 Å². The number of nitrogens with zero attached hydrogens (tertiary/aromatic N) is 1. The van der Waals surface area contributed by atoms with Crippen LogP contribution in [0.3, 0.4) is 0 Å². The first kappa shape index (κ1) is 16.3. The summed E-state index contributed by atoms with van der Waals surface area (Å²) in [6, 6.07) is 9.79. The van der Waals surface area contributed by atoms with Gasteiger partial charge in [-0.1, -0.05) is 12.1 Å². The number of amides is 1. The quantitative estimate of drug-likeness (QED) is 0.676. The van der Waals surface area contributed by atoms with E-state index in [0.717, 1.165) is 0 Å². The van der Waals surface area contributed by atoms with Gasteiger partial charge in [0.15, 0.2) is 0 Å². The summed E-state index contributed by atoms with van der Waals surface area (Å²) in [6.07, 6.45) is 0. The number of hydrogen-bond donors (Lipinski definition) is 1. The van der Waals surface area contributed by atoms with Gasteiger partial charge < -0.3 is 14.8 Å². The number of hydrogen-bond acceptors (Lipinski definition) is 5. The van der Waals surface area contributed by atoms with Crippen molar-refractivity contribution in [1.82, 2.24) is 0 Å². The van der Waals surface area contributed by atoms with E-state index in [0.29, 0.717) is 17.0 Å². The maximum Gasteiger partial charge on any atom is 0.312 e. The second kappa shape index (κ2) is 6.78. The van der Waals surface area contributed by atoms with Gasteiger partial charge in [0.1, 0.15) is 5.75 Å². The second-order valence-corrected chi connectivity index (χ2v) is 4.78. The molecule has 0 saturated heterocycles. The van der Waals surface area contributed by atoms with Crippen molar-refractivity contribution in [3.05, 3.63) is 57.6 Å². The summed E-state index contributed by atoms with van der Waals surface area (Å²) in [5.74, 6) is -0.104. The molecule has 1 amide bonds. The zero-order valence-electron chi connectivity index (χ0n) is 13.0. The molecule has 0 aromatic heterocycles. The molecule has 2 aromatic rings. The van der Waals surface area contributed by atoms with Gasteiger partial charge in [-0.05, 0) is 30.7 Å². The standard InChI is InChI=1S/C16H16N2O5/c1-10-8-11(15(23-3)13(9-10)18(20)21)16(19)17-12-6-4-5-7-14(12)22-2/h4-9H,1-3H3,(H,17,19). The molecule has 120 valence electrons. The van der Waals surface area contributed by atoms with Crippen molar-refractivity contribution in [2.24, 2.45) is 0 Å². The van der Waals surface area contributed by atoms with Crippen LogP contribution in [0.1, 0.15) is 15.9 Å². The van der Waals surface area contributed by atoms with Crippen molar-refractivity contribution >= 4 is 17.3 Å². The van der Waals surface area contributed by atoms with Crippen LogP contribution >= 0.6 is 0 Å². The van der Waals surface area contributed by atoms with Crippen molar-refractivity contribution in [2.45, 2.75) is 6.92 Å². The minimum atomic E-state index is -0.578. The van der Waals surface area contributed by atoms with Crippen LogP contribution < -0.4 is 14.8 Å². The molecule has 0 saturated carbocycles. The lowest BCUT2D eigenvalue weighted by atomic mass is 10.1. The van der Waals surface area contributed by atoms with E-state index in [1.807, 2.05) is 0 Å². The normalized spacial score (nSPS) is 10.0. The number of rotatable bonds is 5. The fourth-order valence-corrected chi connectivity index (χ4v) is 2.21. The summed E-state index contributed by atoms with van der Waals surface area (Å²) in [5, 5.41) is 13.8. The SMILES string of the molecule is COc1ccccc1NC(=O)c1cc(C)cc([N+](=O)[O-])c1OC. The van der Waals surface area contributed by atoms with Crippen LogP contribution in [0.25, 0.3) is 0 Å². The second-order valence-electron chi connectivity index (χ2n) is 4.78. The van der Waals surface area contributed by atoms with Crippen LogP contribution in [-0.4, -0.2) is 25.1 Å². The third-order valence-corrected chi connectivity index (χ3v) is 3.21. The predicted octanol–water partition coefficient (Wildman–Crippen LogP) is 3.17. The number of methoxy groups -OCH3 is 2. The Morgan fingerprint density at radius 1 is 1.17 bits per heavy atom. The zero-order chi connectivity index (χ0) is 17.0. The first-order chi connectivity index (χ1) is 11.0. The molecule has 7 nitrogen and oxygen atoms in total. The lowest BCUT2D eigenvalue weighted by molar-refractivity contribution is -0.385. The molecule has 0 heterocycles. The number of para-hydroxylation sites is 2. The van der Waals surface area contributed by atoms with Crippen LogP contribution in [0, 0.1) is 17.0 Å². The Bertz CT molecular complexity index is 758. The molecule has 2 rings (SSSR count). The summed E-state index contributed by atoms with van der Waals surface area (Å²) in [5.41, 5.74) is 0.886. The topological polar surface area (TPSA) is 90.7 Å². The van der Waals surface area contributed by atoms with E-state index in [1.54, 1.807) is 31.2 Å². The first-order valence-electron chi connectivity index (χ1n) is 6.75. The number of nitro benzene ring substituents is 1. The van der Waals surface area contributed by atoms with Gasteiger partial charge >= 0.3 is 5.69 Å². The van der Waals surface area contributed by atoms with Gasteiger partial charge in [0.25, 0.3) is 5.91 Å². The zero-order valence-corrected chi connectivity index (χ0v) is 13.0. The van der Waals surface area contributed by atoms with Crippen LogP contribution in [0.15, 0.2) is 36.4 Å². The van der Waals surface area contributed by atoms with Crippen molar-refractivity contribution in [3.8, 4) is 11.5 Å². The van der Waals surface area contributed by atoms with Crippen LogP contribution in [0.4, 0.5) is 11.4 Å². The third-order valence-electron chi connectivity index (χ3n) is 3.21. The van der Waals surface area contributed by atoms with Gasteiger partial charge in [0, 0.05) is 6.07 Å². The highest BCUT2D eigenvalue weighted by Gasteiger charge is 2.24. The predicted molar refractivity (Wildman–Crippen MR) is 85.3 cm³/mol. The van der Waals surface area contributed by atoms with Gasteiger partial charge in [-0.15, -0.1) is 0 Å². The number of carbonyl (C=O) groups excluding carboxylic acids is 1. The largest absolute Gasteiger partial charge is 0.495 e. The van der Waals surface area contributed by atoms with Crippen molar-refractivity contribution in [1.29, 1.82) is 0 Å². The summed E-state index contributed by atoms with van der Waals surface area (Å²) in [7, 11) is 2.78. The molecule has 0 spiro atoms. The number of anilines is 1. The van der Waals surface area contributed by atoms with E-state index < -0.39 is 10.8 Å². The summed E-state index contributed by atoms with van der Waals surface area (Å²) >= 11 is 0. The smallest absolute Gasteiger partial charge is 0.312 e. The maximum atomic E-state index is 12.5. The Balaban J connectivity index is 2.45. The molecule has 1 N–H and O–H groups in total. The fourth-order valence-electron chi connectivity index (χ4n) is 2.21. The Morgan fingerprint density at radius 2 is 1.87 bits per heavy atom. The minimum Gasteiger partial charge on any atom is -0.495 e. The maximum absolute atomic E-state index is 12.5. The molecule has 23 heavy (non-hydrogen) atoms. The molecule has 0 bridgehead atoms. The van der Waals surface area contributed by atoms with E-state index >= 15 is 0 Å². The molecule has 0 atom stereocenters. The van der Waals surface area contributed by atoms with Gasteiger partial charge in [0.05, 0.1) is 30.4 Å². The van der Waals surface area contributed by atoms with Crippen LogP contribution in [0.5, 0.6) is 11.5 Å². The monoisotopic (exact) mass is 316 g/mol. The Hall–Kier alpha value is -3.09. The number of nitro groups is 1. The Kier molecular flexibility index (Phi) is 4.80. The summed E-state index contributed by atoms with van der Waals surface area (Å²) in [6.45, 7) is 1.67. The third kappa shape index (κ3) is 3.39. The number of ether oxygens (including phenoxy) is 2. The highest BCUT2D eigenvalue weighted by molar-refractivity contribution is 6.07. The number of aryl methyl sites for hydroxylation is 1. The Labute approximate surface area is 133 Å². The molecule has 7 heteroatoms. The molecular formula is C16H16N2O5. The molecule has 0 aliphatic rings. The van der Waals surface area contributed by atoms with Gasteiger partial charge in [-0.25, -0.2) is 0 Å². The van der Waals surface area contributed by atoms with E-state index in [4.69, 9.17) is 9.47 Å². The lowest BCUT2D eigenvalue weighted by Gasteiger charge is -2.12. The van der Waals surface area contributed by atoms with Crippen molar-refractivity contribution < 1.29 is 19.2 Å². The number of carbonyl (C=O) groups is 1. The average Bonchev–Trinajstić information content (AvgIpc) is 2.54. The summed E-state index contributed by atoms with van der Waals surface area (Å²) < 4.78 is 10.2. The van der Waals surface area contributed by atoms with Crippen molar-refractivity contribution in [2.75, 3.05) is 19.5 Å². The molecule has 0 unspecified atom stereocenters. The molecule has 0 radical (unpaired) electrons. The lowest BCUT2D eigenvalue weighted by Crippen LogP contribution is -2.15. The number of nitrogens with one attached hydrogen (secondary N) is 1. The van der Waals surface area contributed by atoms with Gasteiger partial charge in [-0.3, -0.25) is 14.9 Å². The van der Waals surface area contributed by atoms with E-state index in [2.05, 4.69) is 5.32 Å². The van der Waals surface area contributed by atoms with Gasteiger partial charge in [-0.2, -0.15) is 0 Å². The van der Waals surface area contributed by atoms with Crippen molar-refractivity contribution in [3.63, 3.8) is 0 Å². The molecule has 0 fully saturated rings. The summed E-state index contributed by atoms with van der Waals surface area (Å²) in [4.78, 5) is 23.1. The Morgan fingerprint density at radius 3 is 2.48 bits per heavy atom. The molecular weight excluding hydrogens is 300 g/mol. The molecule has 0 aliphatic carbocycles. The molecule has 0 aliphatic heterocycles. The highest BCUT2D eigenvalue weighted by atomic mass is 16.6. The van der Waals surface area contributed by atoms with E-state index in [9.17, 15) is 14.9 Å². The van der Waals surface area contributed by atoms with E-state index in [1.165, 1.54) is 26.4 Å². The first-order valence-corrected chi connectivity index (χ1v) is 6.75. The fraction of sp³-hybridized carbons (Fsp3) is 0.188. The molecule has 2 aromatic carbocycles. The van der Waals surface area contributed by atoms with Crippen LogP contribution in [-0.2, 0) is 0 Å². The average molecular weight is 316 g/mol.